The minimum atomic E-state index is -0.956. The second kappa shape index (κ2) is 8.08. The molecule has 3 heterocycles. The molecule has 0 spiro atoms. The van der Waals surface area contributed by atoms with Crippen LogP contribution in [0, 0.1) is 6.92 Å². The van der Waals surface area contributed by atoms with E-state index in [9.17, 15) is 14.7 Å². The van der Waals surface area contributed by atoms with Crippen molar-refractivity contribution < 1.29 is 14.7 Å². The number of nitrogens with one attached hydrogen (secondary N) is 1. The van der Waals surface area contributed by atoms with E-state index in [2.05, 4.69) is 5.32 Å². The van der Waals surface area contributed by atoms with Gasteiger partial charge in [-0.3, -0.25) is 9.59 Å². The number of β-amino-alcohol motifs (C(OH)–C–C–N with tert-alkyl or cyclic N) is 1. The molecule has 0 aliphatic carbocycles. The van der Waals surface area contributed by atoms with Gasteiger partial charge in [-0.2, -0.15) is 11.3 Å². The van der Waals surface area contributed by atoms with Crippen molar-refractivity contribution in [2.45, 2.75) is 25.0 Å². The third kappa shape index (κ3) is 3.55. The number of benzene rings is 1. The molecule has 0 unspecified atom stereocenters. The van der Waals surface area contributed by atoms with Crippen LogP contribution in [0.2, 0.25) is 0 Å². The molecule has 4 rings (SSSR count). The van der Waals surface area contributed by atoms with E-state index in [1.54, 1.807) is 22.4 Å². The summed E-state index contributed by atoms with van der Waals surface area (Å²) in [6, 6.07) is 13.1. The standard InChI is InChI=1S/C23H25N3O3S/c1-16-19(8-11-25(16)2)22(29)26-12-10-23(20(27)14-26,18-6-4-3-5-7-18)24-21(28)17-9-13-30-15-17/h3-9,11,13,15,20,27H,10,12,14H2,1-2H3,(H,24,28)/t20-,23+/m1/s1. The molecule has 2 N–H and O–H groups in total. The highest BCUT2D eigenvalue weighted by Crippen LogP contribution is 2.34. The molecule has 1 aliphatic heterocycles. The first-order valence-corrected chi connectivity index (χ1v) is 10.9. The van der Waals surface area contributed by atoms with E-state index in [4.69, 9.17) is 0 Å². The van der Waals surface area contributed by atoms with E-state index in [1.807, 2.05) is 60.4 Å². The molecule has 7 heteroatoms. The zero-order chi connectivity index (χ0) is 21.3. The van der Waals surface area contributed by atoms with Gasteiger partial charge in [-0.05, 0) is 36.4 Å². The first-order valence-electron chi connectivity index (χ1n) is 9.92. The Morgan fingerprint density at radius 1 is 1.20 bits per heavy atom. The fourth-order valence-electron chi connectivity index (χ4n) is 4.08. The first kappa shape index (κ1) is 20.4. The maximum absolute atomic E-state index is 13.1. The van der Waals surface area contributed by atoms with Gasteiger partial charge in [0.05, 0.1) is 22.8 Å². The molecule has 0 saturated carbocycles. The van der Waals surface area contributed by atoms with Crippen LogP contribution < -0.4 is 5.32 Å². The normalized spacial score (nSPS) is 21.4. The molecule has 1 aliphatic rings. The van der Waals surface area contributed by atoms with E-state index in [-0.39, 0.29) is 18.4 Å². The molecule has 1 saturated heterocycles. The number of thiophene rings is 1. The number of likely N-dealkylation sites (tertiary alicyclic amines) is 1. The van der Waals surface area contributed by atoms with Gasteiger partial charge in [-0.1, -0.05) is 30.3 Å². The van der Waals surface area contributed by atoms with Crippen molar-refractivity contribution in [1.29, 1.82) is 0 Å². The van der Waals surface area contributed by atoms with Crippen LogP contribution in [0.1, 0.15) is 38.4 Å². The van der Waals surface area contributed by atoms with Crippen LogP contribution in [-0.4, -0.2) is 45.6 Å². The molecule has 0 radical (unpaired) electrons. The van der Waals surface area contributed by atoms with E-state index >= 15 is 0 Å². The third-order valence-corrected chi connectivity index (χ3v) is 6.73. The molecule has 6 nitrogen and oxygen atoms in total. The fourth-order valence-corrected chi connectivity index (χ4v) is 4.72. The molecular formula is C23H25N3O3S. The molecule has 3 aromatic rings. The van der Waals surface area contributed by atoms with Gasteiger partial charge in [0.1, 0.15) is 0 Å². The van der Waals surface area contributed by atoms with Gasteiger partial charge in [0.2, 0.25) is 0 Å². The molecule has 156 valence electrons. The van der Waals surface area contributed by atoms with Crippen LogP contribution in [-0.2, 0) is 12.6 Å². The smallest absolute Gasteiger partial charge is 0.255 e. The number of hydrogen-bond donors (Lipinski definition) is 2. The maximum atomic E-state index is 13.1. The number of carbonyl (C=O) groups is 2. The van der Waals surface area contributed by atoms with Crippen LogP contribution >= 0.6 is 11.3 Å². The lowest BCUT2D eigenvalue weighted by atomic mass is 9.78. The van der Waals surface area contributed by atoms with Crippen LogP contribution in [0.25, 0.3) is 0 Å². The fraction of sp³-hybridized carbons (Fsp3) is 0.304. The van der Waals surface area contributed by atoms with Gasteiger partial charge < -0.3 is 19.9 Å². The zero-order valence-corrected chi connectivity index (χ0v) is 17.9. The Hall–Kier alpha value is -2.90. The highest BCUT2D eigenvalue weighted by Gasteiger charge is 2.46. The quantitative estimate of drug-likeness (QED) is 0.678. The molecule has 2 amide bonds. The summed E-state index contributed by atoms with van der Waals surface area (Å²) in [7, 11) is 1.90. The molecule has 0 bridgehead atoms. The molecule has 2 aromatic heterocycles. The number of piperidine rings is 1. The molecule has 2 atom stereocenters. The topological polar surface area (TPSA) is 74.6 Å². The Labute approximate surface area is 179 Å². The Morgan fingerprint density at radius 2 is 1.97 bits per heavy atom. The van der Waals surface area contributed by atoms with E-state index in [0.29, 0.717) is 24.1 Å². The van der Waals surface area contributed by atoms with Gasteiger partial charge >= 0.3 is 0 Å². The van der Waals surface area contributed by atoms with Crippen molar-refractivity contribution >= 4 is 23.2 Å². The van der Waals surface area contributed by atoms with Gasteiger partial charge in [0.25, 0.3) is 11.8 Å². The van der Waals surface area contributed by atoms with Crippen LogP contribution in [0.15, 0.2) is 59.4 Å². The lowest BCUT2D eigenvalue weighted by Gasteiger charge is -2.46. The largest absolute Gasteiger partial charge is 0.388 e. The van der Waals surface area contributed by atoms with Crippen LogP contribution in [0.5, 0.6) is 0 Å². The van der Waals surface area contributed by atoms with Gasteiger partial charge in [0.15, 0.2) is 0 Å². The van der Waals surface area contributed by atoms with Gasteiger partial charge in [-0.15, -0.1) is 0 Å². The number of carbonyl (C=O) groups excluding carboxylic acids is 2. The summed E-state index contributed by atoms with van der Waals surface area (Å²) in [6.07, 6.45) is 1.34. The Morgan fingerprint density at radius 3 is 2.57 bits per heavy atom. The van der Waals surface area contributed by atoms with Crippen molar-refractivity contribution in [3.8, 4) is 0 Å². The first-order chi connectivity index (χ1) is 14.4. The van der Waals surface area contributed by atoms with Crippen molar-refractivity contribution in [3.05, 3.63) is 81.8 Å². The minimum Gasteiger partial charge on any atom is -0.388 e. The second-order valence-corrected chi connectivity index (χ2v) is 8.53. The molecule has 1 fully saturated rings. The highest BCUT2D eigenvalue weighted by molar-refractivity contribution is 7.08. The molecule has 1 aromatic carbocycles. The third-order valence-electron chi connectivity index (χ3n) is 6.05. The van der Waals surface area contributed by atoms with Crippen molar-refractivity contribution in [1.82, 2.24) is 14.8 Å². The average molecular weight is 424 g/mol. The number of aliphatic hydroxyl groups is 1. The van der Waals surface area contributed by atoms with Gasteiger partial charge in [-0.25, -0.2) is 0 Å². The average Bonchev–Trinajstić information content (AvgIpc) is 3.41. The van der Waals surface area contributed by atoms with Crippen LogP contribution in [0.4, 0.5) is 0 Å². The number of aromatic nitrogens is 1. The predicted octanol–water partition coefficient (Wildman–Crippen LogP) is 2.93. The van der Waals surface area contributed by atoms with E-state index in [0.717, 1.165) is 11.3 Å². The predicted molar refractivity (Wildman–Crippen MR) is 117 cm³/mol. The van der Waals surface area contributed by atoms with Crippen molar-refractivity contribution in [2.75, 3.05) is 13.1 Å². The zero-order valence-electron chi connectivity index (χ0n) is 17.0. The molecule has 30 heavy (non-hydrogen) atoms. The highest BCUT2D eigenvalue weighted by atomic mass is 32.1. The second-order valence-electron chi connectivity index (χ2n) is 7.75. The lowest BCUT2D eigenvalue weighted by Crippen LogP contribution is -2.62. The number of nitrogens with zero attached hydrogens (tertiary/aromatic N) is 2. The SMILES string of the molecule is Cc1c(C(=O)N2CC[C@](NC(=O)c3ccsc3)(c3ccccc3)[C@H](O)C2)ccn1C. The number of aryl methyl sites for hydroxylation is 1. The van der Waals surface area contributed by atoms with Crippen molar-refractivity contribution in [2.24, 2.45) is 7.05 Å². The number of rotatable bonds is 4. The van der Waals surface area contributed by atoms with Crippen LogP contribution in [0.3, 0.4) is 0 Å². The summed E-state index contributed by atoms with van der Waals surface area (Å²) < 4.78 is 1.91. The summed E-state index contributed by atoms with van der Waals surface area (Å²) in [5.74, 6) is -0.323. The molecular weight excluding hydrogens is 398 g/mol. The summed E-state index contributed by atoms with van der Waals surface area (Å²) in [5, 5.41) is 18.0. The maximum Gasteiger partial charge on any atom is 0.255 e. The minimum absolute atomic E-state index is 0.0991. The number of aliphatic hydroxyl groups excluding tert-OH is 1. The lowest BCUT2D eigenvalue weighted by molar-refractivity contribution is -0.0107. The van der Waals surface area contributed by atoms with Gasteiger partial charge in [0, 0.05) is 37.4 Å². The van der Waals surface area contributed by atoms with E-state index < -0.39 is 11.6 Å². The summed E-state index contributed by atoms with van der Waals surface area (Å²) in [6.45, 7) is 2.48. The summed E-state index contributed by atoms with van der Waals surface area (Å²) in [5.41, 5.74) is 1.98. The number of hydrogen-bond acceptors (Lipinski definition) is 4. The van der Waals surface area contributed by atoms with Crippen molar-refractivity contribution in [3.63, 3.8) is 0 Å². The monoisotopic (exact) mass is 423 g/mol. The van der Waals surface area contributed by atoms with E-state index in [1.165, 1.54) is 11.3 Å². The Bertz CT molecular complexity index is 1050. The Kier molecular flexibility index (Phi) is 5.49. The Balaban J connectivity index is 1.62. The summed E-state index contributed by atoms with van der Waals surface area (Å²) in [4.78, 5) is 27.6. The summed E-state index contributed by atoms with van der Waals surface area (Å²) >= 11 is 1.45. The number of amides is 2.